The number of primary sulfonamides is 1. The number of nitrogens with two attached hydrogens (primary N) is 1. The van der Waals surface area contributed by atoms with Crippen molar-refractivity contribution in [3.05, 3.63) is 4.77 Å². The average Bonchev–Trinajstić information content (AvgIpc) is 2.29. The van der Waals surface area contributed by atoms with E-state index < -0.39 is 10.0 Å². The maximum atomic E-state index is 10.5. The van der Waals surface area contributed by atoms with Crippen molar-refractivity contribution in [2.24, 2.45) is 5.14 Å². The summed E-state index contributed by atoms with van der Waals surface area (Å²) >= 11 is 4.70. The molecular formula is C3H7N5NaO2S2+. The van der Waals surface area contributed by atoms with Crippen molar-refractivity contribution in [1.82, 2.24) is 20.2 Å². The third kappa shape index (κ3) is 4.84. The fraction of sp³-hybridized carbons (Fsp3) is 0.667. The Morgan fingerprint density at radius 3 is 2.62 bits per heavy atom. The summed E-state index contributed by atoms with van der Waals surface area (Å²) in [5, 5.41) is 14.0. The van der Waals surface area contributed by atoms with E-state index in [0.717, 1.165) is 0 Å². The number of aryl methyl sites for hydroxylation is 1. The van der Waals surface area contributed by atoms with Gasteiger partial charge in [-0.1, -0.05) is 10.3 Å². The predicted octanol–water partition coefficient (Wildman–Crippen LogP) is -4.37. The van der Waals surface area contributed by atoms with Gasteiger partial charge in [0, 0.05) is 0 Å². The van der Waals surface area contributed by atoms with Crippen molar-refractivity contribution in [2.45, 2.75) is 6.54 Å². The van der Waals surface area contributed by atoms with Crippen LogP contribution >= 0.6 is 12.2 Å². The van der Waals surface area contributed by atoms with E-state index in [-0.39, 0.29) is 46.6 Å². The molecule has 3 N–H and O–H groups in total. The second-order valence-electron chi connectivity index (χ2n) is 2.10. The molecule has 1 aromatic rings. The van der Waals surface area contributed by atoms with Gasteiger partial charge in [0.2, 0.25) is 14.8 Å². The molecule has 13 heavy (non-hydrogen) atoms. The van der Waals surface area contributed by atoms with E-state index in [1.807, 2.05) is 0 Å². The monoisotopic (exact) mass is 232 g/mol. The van der Waals surface area contributed by atoms with Crippen LogP contribution in [0.5, 0.6) is 0 Å². The summed E-state index contributed by atoms with van der Waals surface area (Å²) in [7, 11) is -3.46. The molecule has 1 rings (SSSR count). The quantitative estimate of drug-likeness (QED) is 0.404. The minimum Gasteiger partial charge on any atom is -0.241 e. The zero-order valence-corrected chi connectivity index (χ0v) is 10.6. The van der Waals surface area contributed by atoms with Crippen molar-refractivity contribution < 1.29 is 38.0 Å². The van der Waals surface area contributed by atoms with Crippen LogP contribution in [-0.2, 0) is 16.6 Å². The normalized spacial score (nSPS) is 10.8. The van der Waals surface area contributed by atoms with E-state index in [9.17, 15) is 8.42 Å². The van der Waals surface area contributed by atoms with Gasteiger partial charge in [-0.2, -0.15) is 5.21 Å². The summed E-state index contributed by atoms with van der Waals surface area (Å²) in [5.74, 6) is -0.189. The molecule has 0 aliphatic carbocycles. The molecule has 1 heterocycles. The largest absolute Gasteiger partial charge is 1.00 e. The van der Waals surface area contributed by atoms with Crippen molar-refractivity contribution in [3.8, 4) is 0 Å². The van der Waals surface area contributed by atoms with Crippen LogP contribution in [0.3, 0.4) is 0 Å². The summed E-state index contributed by atoms with van der Waals surface area (Å²) in [6.45, 7) is 0.144. The van der Waals surface area contributed by atoms with Gasteiger partial charge >= 0.3 is 29.6 Å². The van der Waals surface area contributed by atoms with Crippen LogP contribution in [0.15, 0.2) is 0 Å². The Bertz CT molecular complexity index is 407. The van der Waals surface area contributed by atoms with E-state index in [1.165, 1.54) is 4.68 Å². The van der Waals surface area contributed by atoms with E-state index >= 15 is 0 Å². The molecule has 0 atom stereocenters. The number of hydrogen-bond acceptors (Lipinski definition) is 5. The van der Waals surface area contributed by atoms with E-state index in [4.69, 9.17) is 17.4 Å². The maximum absolute atomic E-state index is 10.5. The van der Waals surface area contributed by atoms with Crippen molar-refractivity contribution >= 4 is 22.2 Å². The average molecular weight is 232 g/mol. The van der Waals surface area contributed by atoms with Crippen molar-refractivity contribution in [2.75, 3.05) is 5.75 Å². The Morgan fingerprint density at radius 2 is 2.23 bits per heavy atom. The number of sulfonamides is 1. The van der Waals surface area contributed by atoms with Crippen LogP contribution < -0.4 is 34.7 Å². The van der Waals surface area contributed by atoms with Crippen molar-refractivity contribution in [1.29, 1.82) is 0 Å². The second-order valence-corrected chi connectivity index (χ2v) is 4.20. The molecular weight excluding hydrogens is 225 g/mol. The number of nitrogens with one attached hydrogen (secondary N) is 1. The Morgan fingerprint density at radius 1 is 1.62 bits per heavy atom. The molecule has 1 aromatic heterocycles. The first-order valence-electron chi connectivity index (χ1n) is 2.97. The topological polar surface area (TPSA) is 107 Å². The standard InChI is InChI=1S/C3H7N5O2S2.Na/c4-12(9,10)2-1-8-3(11)5-6-7-8;/h1-2H2,(H2,4,9,10)(H,5,7,11);/q;+1. The molecule has 0 saturated heterocycles. The fourth-order valence-electron chi connectivity index (χ4n) is 0.580. The van der Waals surface area contributed by atoms with Gasteiger partial charge in [-0.05, 0) is 12.2 Å². The molecule has 0 amide bonds. The number of aromatic amines is 1. The zero-order chi connectivity index (χ0) is 9.19. The summed E-state index contributed by atoms with van der Waals surface area (Å²) in [4.78, 5) is 0. The molecule has 0 aromatic carbocycles. The summed E-state index contributed by atoms with van der Waals surface area (Å²) in [6, 6.07) is 0. The van der Waals surface area contributed by atoms with Gasteiger partial charge in [0.05, 0.1) is 12.3 Å². The minimum atomic E-state index is -3.46. The summed E-state index contributed by atoms with van der Waals surface area (Å²) < 4.78 is 22.6. The van der Waals surface area contributed by atoms with Gasteiger partial charge in [0.15, 0.2) is 0 Å². The van der Waals surface area contributed by atoms with Gasteiger partial charge in [-0.3, -0.25) is 0 Å². The molecule has 0 unspecified atom stereocenters. The Kier molecular flexibility index (Phi) is 5.25. The smallest absolute Gasteiger partial charge is 0.241 e. The van der Waals surface area contributed by atoms with E-state index in [1.54, 1.807) is 0 Å². The first kappa shape index (κ1) is 13.2. The minimum absolute atomic E-state index is 0. The van der Waals surface area contributed by atoms with Gasteiger partial charge < -0.3 is 0 Å². The van der Waals surface area contributed by atoms with Crippen LogP contribution in [0.4, 0.5) is 0 Å². The maximum Gasteiger partial charge on any atom is 1.00 e. The SMILES string of the molecule is NS(=O)(=O)CCn1[nH]nnc1=S.[Na+]. The molecule has 10 heteroatoms. The van der Waals surface area contributed by atoms with Gasteiger partial charge in [-0.15, -0.1) is 0 Å². The zero-order valence-electron chi connectivity index (χ0n) is 6.97. The third-order valence-electron chi connectivity index (χ3n) is 1.13. The van der Waals surface area contributed by atoms with Crippen LogP contribution in [0.25, 0.3) is 0 Å². The van der Waals surface area contributed by atoms with Gasteiger partial charge in [-0.25, -0.2) is 18.2 Å². The summed E-state index contributed by atoms with van der Waals surface area (Å²) in [5.41, 5.74) is 0. The molecule has 0 fully saturated rings. The number of aromatic nitrogens is 4. The van der Waals surface area contributed by atoms with Crippen LogP contribution in [0.1, 0.15) is 0 Å². The van der Waals surface area contributed by atoms with E-state index in [0.29, 0.717) is 0 Å². The van der Waals surface area contributed by atoms with E-state index in [2.05, 4.69) is 15.5 Å². The fourth-order valence-corrected chi connectivity index (χ4v) is 1.19. The molecule has 0 aliphatic rings. The van der Waals surface area contributed by atoms with Crippen LogP contribution in [0, 0.1) is 4.77 Å². The molecule has 0 spiro atoms. The number of H-pyrrole nitrogens is 1. The number of hydrogen-bond donors (Lipinski definition) is 2. The Hall–Kier alpha value is 0.200. The molecule has 0 bridgehead atoms. The first-order chi connectivity index (χ1) is 5.49. The van der Waals surface area contributed by atoms with Crippen molar-refractivity contribution in [3.63, 3.8) is 0 Å². The number of rotatable bonds is 3. The molecule has 7 nitrogen and oxygen atoms in total. The molecule has 0 radical (unpaired) electrons. The number of tetrazole rings is 1. The predicted molar refractivity (Wildman–Crippen MR) is 43.2 cm³/mol. The van der Waals surface area contributed by atoms with Crippen LogP contribution in [0.2, 0.25) is 0 Å². The van der Waals surface area contributed by atoms with Gasteiger partial charge in [0.25, 0.3) is 0 Å². The summed E-state index contributed by atoms with van der Waals surface area (Å²) in [6.07, 6.45) is 0. The third-order valence-corrected chi connectivity index (χ3v) is 2.18. The molecule has 68 valence electrons. The first-order valence-corrected chi connectivity index (χ1v) is 5.10. The Labute approximate surface area is 102 Å². The van der Waals surface area contributed by atoms with Crippen LogP contribution in [-0.4, -0.2) is 34.4 Å². The Balaban J connectivity index is 0.00000144. The number of nitrogens with zero attached hydrogens (tertiary/aromatic N) is 3. The molecule has 0 aliphatic heterocycles. The second kappa shape index (κ2) is 5.17. The molecule has 0 saturated carbocycles. The van der Waals surface area contributed by atoms with Gasteiger partial charge in [0.1, 0.15) is 0 Å².